The maximum atomic E-state index is 12.2. The molecule has 0 spiro atoms. The van der Waals surface area contributed by atoms with Crippen molar-refractivity contribution in [1.29, 1.82) is 0 Å². The maximum absolute atomic E-state index is 12.2. The number of anilines is 1. The molecule has 25 heavy (non-hydrogen) atoms. The lowest BCUT2D eigenvalue weighted by Gasteiger charge is -2.27. The van der Waals surface area contributed by atoms with Crippen LogP contribution in [-0.4, -0.2) is 47.3 Å². The predicted molar refractivity (Wildman–Crippen MR) is 100 cm³/mol. The summed E-state index contributed by atoms with van der Waals surface area (Å²) in [5.41, 5.74) is 0.573. The average Bonchev–Trinajstić information content (AvgIpc) is 2.96. The Kier molecular flexibility index (Phi) is 5.86. The van der Waals surface area contributed by atoms with Crippen LogP contribution in [0.4, 0.5) is 5.69 Å². The highest BCUT2D eigenvalue weighted by atomic mass is 35.5. The number of hydrogen-bond donors (Lipinski definition) is 1. The first kappa shape index (κ1) is 18.1. The molecule has 1 N–H and O–H groups in total. The molecule has 0 aromatic heterocycles. The number of halogens is 1. The molecule has 1 fully saturated rings. The molecule has 8 heteroatoms. The van der Waals surface area contributed by atoms with E-state index in [4.69, 9.17) is 16.3 Å². The Balaban J connectivity index is 1.55. The van der Waals surface area contributed by atoms with Gasteiger partial charge in [0, 0.05) is 25.2 Å². The number of aliphatic imine (C=N–C) groups is 1. The summed E-state index contributed by atoms with van der Waals surface area (Å²) in [6.07, 6.45) is 3.56. The molecule has 2 heterocycles. The topological polar surface area (TPSA) is 71.0 Å². The highest BCUT2D eigenvalue weighted by Crippen LogP contribution is 2.30. The summed E-state index contributed by atoms with van der Waals surface area (Å²) in [6.45, 7) is 1.87. The van der Waals surface area contributed by atoms with Gasteiger partial charge in [-0.1, -0.05) is 23.4 Å². The fraction of sp³-hybridized carbons (Fsp3) is 0.471. The molecule has 6 nitrogen and oxygen atoms in total. The minimum atomic E-state index is -0.453. The minimum absolute atomic E-state index is 0.0913. The summed E-state index contributed by atoms with van der Waals surface area (Å²) in [6, 6.07) is 5.02. The standard InChI is InChI=1S/C17H20ClN3O3S/c1-24-13-6-5-11(9-12(13)18)19-15(22)10-14-16(23)20-17(25-14)21-7-3-2-4-8-21/h5-6,9,14H,2-4,7-8,10H2,1H3,(H,19,22)/t14-/m0/s1. The van der Waals surface area contributed by atoms with E-state index in [1.165, 1.54) is 25.3 Å². The largest absolute Gasteiger partial charge is 0.495 e. The third-order valence-corrected chi connectivity index (χ3v) is 5.67. The second kappa shape index (κ2) is 8.10. The number of piperidine rings is 1. The van der Waals surface area contributed by atoms with Crippen LogP contribution < -0.4 is 10.1 Å². The molecule has 1 saturated heterocycles. The van der Waals surface area contributed by atoms with E-state index in [2.05, 4.69) is 15.2 Å². The number of benzene rings is 1. The van der Waals surface area contributed by atoms with Crippen molar-refractivity contribution in [2.45, 2.75) is 30.9 Å². The molecule has 3 rings (SSSR count). The lowest BCUT2D eigenvalue weighted by molar-refractivity contribution is -0.121. The third kappa shape index (κ3) is 4.46. The number of rotatable bonds is 4. The zero-order valence-electron chi connectivity index (χ0n) is 14.0. The molecule has 2 amide bonds. The van der Waals surface area contributed by atoms with Crippen molar-refractivity contribution in [3.63, 3.8) is 0 Å². The van der Waals surface area contributed by atoms with E-state index < -0.39 is 5.25 Å². The third-order valence-electron chi connectivity index (χ3n) is 4.16. The molecular weight excluding hydrogens is 362 g/mol. The number of hydrogen-bond acceptors (Lipinski definition) is 5. The fourth-order valence-electron chi connectivity index (χ4n) is 2.85. The van der Waals surface area contributed by atoms with Crippen molar-refractivity contribution < 1.29 is 14.3 Å². The Bertz CT molecular complexity index is 704. The fourth-order valence-corrected chi connectivity index (χ4v) is 4.23. The highest BCUT2D eigenvalue weighted by molar-refractivity contribution is 8.15. The second-order valence-corrected chi connectivity index (χ2v) is 7.57. The van der Waals surface area contributed by atoms with Crippen LogP contribution in [0.5, 0.6) is 5.75 Å². The van der Waals surface area contributed by atoms with Gasteiger partial charge in [-0.3, -0.25) is 9.59 Å². The molecule has 1 aromatic rings. The summed E-state index contributed by atoms with van der Waals surface area (Å²) in [5.74, 6) is 0.0800. The van der Waals surface area contributed by atoms with E-state index in [1.54, 1.807) is 18.2 Å². The molecule has 0 saturated carbocycles. The Morgan fingerprint density at radius 3 is 2.84 bits per heavy atom. The summed E-state index contributed by atoms with van der Waals surface area (Å²) < 4.78 is 5.08. The van der Waals surface area contributed by atoms with E-state index in [1.807, 2.05) is 0 Å². The first-order chi connectivity index (χ1) is 12.1. The van der Waals surface area contributed by atoms with Crippen molar-refractivity contribution in [2.75, 3.05) is 25.5 Å². The number of nitrogens with zero attached hydrogens (tertiary/aromatic N) is 2. The average molecular weight is 382 g/mol. The molecule has 0 aliphatic carbocycles. The van der Waals surface area contributed by atoms with Crippen LogP contribution in [0.1, 0.15) is 25.7 Å². The molecule has 134 valence electrons. The number of thioether (sulfide) groups is 1. The van der Waals surface area contributed by atoms with Gasteiger partial charge in [-0.25, -0.2) is 0 Å². The quantitative estimate of drug-likeness (QED) is 0.867. The first-order valence-electron chi connectivity index (χ1n) is 8.24. The lowest BCUT2D eigenvalue weighted by Crippen LogP contribution is -2.33. The maximum Gasteiger partial charge on any atom is 0.262 e. The van der Waals surface area contributed by atoms with Crippen LogP contribution in [0.15, 0.2) is 23.2 Å². The van der Waals surface area contributed by atoms with Gasteiger partial charge >= 0.3 is 0 Å². The number of likely N-dealkylation sites (tertiary alicyclic amines) is 1. The predicted octanol–water partition coefficient (Wildman–Crippen LogP) is 3.16. The number of ether oxygens (including phenoxy) is 1. The Morgan fingerprint density at radius 2 is 2.16 bits per heavy atom. The number of amides is 2. The van der Waals surface area contributed by atoms with Gasteiger partial charge in [-0.15, -0.1) is 0 Å². The van der Waals surface area contributed by atoms with Gasteiger partial charge in [0.25, 0.3) is 5.91 Å². The number of nitrogens with one attached hydrogen (secondary N) is 1. The molecule has 0 unspecified atom stereocenters. The zero-order valence-corrected chi connectivity index (χ0v) is 15.5. The van der Waals surface area contributed by atoms with Crippen LogP contribution in [0, 0.1) is 0 Å². The van der Waals surface area contributed by atoms with Crippen molar-refractivity contribution in [2.24, 2.45) is 4.99 Å². The second-order valence-electron chi connectivity index (χ2n) is 5.99. The van der Waals surface area contributed by atoms with Crippen LogP contribution in [-0.2, 0) is 9.59 Å². The van der Waals surface area contributed by atoms with E-state index in [-0.39, 0.29) is 18.2 Å². The molecule has 1 atom stereocenters. The molecule has 0 radical (unpaired) electrons. The normalized spacial score (nSPS) is 20.4. The van der Waals surface area contributed by atoms with Crippen LogP contribution in [0.2, 0.25) is 5.02 Å². The summed E-state index contributed by atoms with van der Waals surface area (Å²) in [5, 5.41) is 3.49. The van der Waals surface area contributed by atoms with Gasteiger partial charge in [-0.2, -0.15) is 4.99 Å². The van der Waals surface area contributed by atoms with Gasteiger partial charge in [0.15, 0.2) is 5.17 Å². The van der Waals surface area contributed by atoms with Crippen molar-refractivity contribution >= 4 is 46.0 Å². The van der Waals surface area contributed by atoms with Gasteiger partial charge in [0.1, 0.15) is 11.0 Å². The SMILES string of the molecule is COc1ccc(NC(=O)C[C@@H]2SC(N3CCCCC3)=NC2=O)cc1Cl. The Labute approximate surface area is 156 Å². The first-order valence-corrected chi connectivity index (χ1v) is 9.50. The smallest absolute Gasteiger partial charge is 0.262 e. The molecule has 1 aromatic carbocycles. The van der Waals surface area contributed by atoms with Crippen LogP contribution >= 0.6 is 23.4 Å². The Morgan fingerprint density at radius 1 is 1.40 bits per heavy atom. The molecule has 2 aliphatic rings. The number of amidine groups is 1. The lowest BCUT2D eigenvalue weighted by atomic mass is 10.1. The van der Waals surface area contributed by atoms with Crippen molar-refractivity contribution in [1.82, 2.24) is 4.90 Å². The zero-order chi connectivity index (χ0) is 17.8. The van der Waals surface area contributed by atoms with E-state index >= 15 is 0 Å². The number of carbonyl (C=O) groups is 2. The number of carbonyl (C=O) groups excluding carboxylic acids is 2. The molecule has 0 bridgehead atoms. The molecule has 2 aliphatic heterocycles. The van der Waals surface area contributed by atoms with E-state index in [0.29, 0.717) is 16.5 Å². The van der Waals surface area contributed by atoms with Gasteiger partial charge in [-0.05, 0) is 37.5 Å². The summed E-state index contributed by atoms with van der Waals surface area (Å²) in [7, 11) is 1.53. The van der Waals surface area contributed by atoms with Crippen LogP contribution in [0.3, 0.4) is 0 Å². The van der Waals surface area contributed by atoms with E-state index in [0.717, 1.165) is 31.1 Å². The van der Waals surface area contributed by atoms with Crippen molar-refractivity contribution in [3.05, 3.63) is 23.2 Å². The van der Waals surface area contributed by atoms with Gasteiger partial charge in [0.05, 0.1) is 12.1 Å². The highest BCUT2D eigenvalue weighted by Gasteiger charge is 2.33. The van der Waals surface area contributed by atoms with E-state index in [9.17, 15) is 9.59 Å². The molecular formula is C17H20ClN3O3S. The van der Waals surface area contributed by atoms with Gasteiger partial charge in [0.2, 0.25) is 5.91 Å². The minimum Gasteiger partial charge on any atom is -0.495 e. The monoisotopic (exact) mass is 381 g/mol. The van der Waals surface area contributed by atoms with Crippen LogP contribution in [0.25, 0.3) is 0 Å². The summed E-state index contributed by atoms with van der Waals surface area (Å²) >= 11 is 7.45. The number of methoxy groups -OCH3 is 1. The Hall–Kier alpha value is -1.73. The van der Waals surface area contributed by atoms with Gasteiger partial charge < -0.3 is 15.0 Å². The summed E-state index contributed by atoms with van der Waals surface area (Å²) in [4.78, 5) is 30.6. The van der Waals surface area contributed by atoms with Crippen molar-refractivity contribution in [3.8, 4) is 5.75 Å².